The first kappa shape index (κ1) is 20.9. The summed E-state index contributed by atoms with van der Waals surface area (Å²) in [6.45, 7) is 0.293. The molecule has 3 heterocycles. The maximum Gasteiger partial charge on any atom is 0.326 e. The Morgan fingerprint density at radius 1 is 1.30 bits per heavy atom. The highest BCUT2D eigenvalue weighted by molar-refractivity contribution is 7.90. The lowest BCUT2D eigenvalue weighted by atomic mass is 10.2. The number of hydrogen-bond acceptors (Lipinski definition) is 9. The molecule has 5 rings (SSSR count). The zero-order valence-electron chi connectivity index (χ0n) is 17.5. The van der Waals surface area contributed by atoms with Crippen molar-refractivity contribution in [3.63, 3.8) is 0 Å². The number of fused-ring (bicyclic) bond motifs is 1. The molecule has 1 fully saturated rings. The van der Waals surface area contributed by atoms with Gasteiger partial charge in [0.25, 0.3) is 5.62 Å². The van der Waals surface area contributed by atoms with Gasteiger partial charge in [-0.05, 0) is 36.6 Å². The third kappa shape index (κ3) is 4.48. The molecule has 0 spiro atoms. The molecule has 0 amide bonds. The van der Waals surface area contributed by atoms with Crippen LogP contribution in [0, 0.1) is 0 Å². The molecule has 0 atom stereocenters. The number of nitrogens with one attached hydrogen (secondary N) is 3. The summed E-state index contributed by atoms with van der Waals surface area (Å²) in [6, 6.07) is 6.81. The zero-order valence-corrected chi connectivity index (χ0v) is 18.3. The first-order chi connectivity index (χ1) is 15.8. The summed E-state index contributed by atoms with van der Waals surface area (Å²) in [5, 5.41) is 17.9. The molecule has 4 aromatic rings. The molecule has 0 saturated heterocycles. The summed E-state index contributed by atoms with van der Waals surface area (Å²) in [6.07, 6.45) is 6.20. The number of H-pyrrole nitrogens is 2. The number of aromatic nitrogens is 6. The van der Waals surface area contributed by atoms with E-state index in [1.165, 1.54) is 4.52 Å². The van der Waals surface area contributed by atoms with Gasteiger partial charge in [-0.1, -0.05) is 12.1 Å². The van der Waals surface area contributed by atoms with Crippen LogP contribution in [0.3, 0.4) is 0 Å². The Labute approximate surface area is 186 Å². The Balaban J connectivity index is 1.55. The fraction of sp³-hybridized carbons (Fsp3) is 0.250. The van der Waals surface area contributed by atoms with E-state index in [2.05, 4.69) is 35.3 Å². The molecular formula is C20H20N8O4S. The first-order valence-corrected chi connectivity index (χ1v) is 12.0. The van der Waals surface area contributed by atoms with E-state index in [0.717, 1.165) is 24.7 Å². The minimum absolute atomic E-state index is 0.184. The number of anilines is 1. The van der Waals surface area contributed by atoms with Crippen molar-refractivity contribution in [2.45, 2.75) is 30.3 Å². The standard InChI is InChI=1S/C20H20N8O4S/c1-33(31,32)14-4-2-3-11(7-14)9-21-18-25-16-12(8-15-17(29)26-20(30)24-15)10-22-28(16)19(27-18)23-13-5-6-13/h2-4,7-8,10,13,29H,5-6,9H2,1H3,(H,21,23,27)(H2,24,26,30)/b12-8+. The first-order valence-electron chi connectivity index (χ1n) is 10.1. The van der Waals surface area contributed by atoms with Crippen molar-refractivity contribution in [1.29, 1.82) is 0 Å². The van der Waals surface area contributed by atoms with Gasteiger partial charge in [-0.15, -0.1) is 0 Å². The fourth-order valence-corrected chi connectivity index (χ4v) is 3.92. The Morgan fingerprint density at radius 3 is 2.82 bits per heavy atom. The van der Waals surface area contributed by atoms with Gasteiger partial charge in [0.2, 0.25) is 11.8 Å². The molecule has 33 heavy (non-hydrogen) atoms. The Hall–Kier alpha value is -4.00. The van der Waals surface area contributed by atoms with E-state index in [1.807, 2.05) is 0 Å². The molecular weight excluding hydrogens is 448 g/mol. The lowest BCUT2D eigenvalue weighted by molar-refractivity contribution is 0.454. The van der Waals surface area contributed by atoms with Crippen molar-refractivity contribution in [3.8, 4) is 5.88 Å². The van der Waals surface area contributed by atoms with Crippen LogP contribution in [-0.2, 0) is 16.4 Å². The SMILES string of the molecule is CS(=O)(=O)c1cccc(CNc2nc(=NC3CC3)n3nc/c(=C\c4[nH]c(=O)[nH]c4O)c3n2)c1. The van der Waals surface area contributed by atoms with Crippen molar-refractivity contribution in [2.24, 2.45) is 4.99 Å². The Morgan fingerprint density at radius 2 is 2.12 bits per heavy atom. The summed E-state index contributed by atoms with van der Waals surface area (Å²) in [5.74, 6) is -0.00556. The van der Waals surface area contributed by atoms with Crippen molar-refractivity contribution in [3.05, 3.63) is 63.0 Å². The molecule has 170 valence electrons. The maximum absolute atomic E-state index is 11.8. The van der Waals surface area contributed by atoms with Gasteiger partial charge in [-0.2, -0.15) is 19.6 Å². The van der Waals surface area contributed by atoms with E-state index in [0.29, 0.717) is 23.0 Å². The normalized spacial score (nSPS) is 15.4. The lowest BCUT2D eigenvalue weighted by Gasteiger charge is -2.07. The van der Waals surface area contributed by atoms with E-state index in [1.54, 1.807) is 36.5 Å². The van der Waals surface area contributed by atoms with Crippen LogP contribution in [0.4, 0.5) is 5.95 Å². The number of aromatic hydroxyl groups is 1. The molecule has 4 N–H and O–H groups in total. The van der Waals surface area contributed by atoms with Crippen LogP contribution in [0.15, 0.2) is 45.1 Å². The minimum Gasteiger partial charge on any atom is -0.493 e. The molecule has 0 aliphatic heterocycles. The molecule has 0 unspecified atom stereocenters. The number of hydrogen-bond donors (Lipinski definition) is 4. The van der Waals surface area contributed by atoms with Gasteiger partial charge in [0, 0.05) is 18.0 Å². The average molecular weight is 468 g/mol. The molecule has 0 radical (unpaired) electrons. The van der Waals surface area contributed by atoms with Gasteiger partial charge in [-0.3, -0.25) is 4.98 Å². The number of benzene rings is 1. The highest BCUT2D eigenvalue weighted by atomic mass is 32.2. The summed E-state index contributed by atoms with van der Waals surface area (Å²) in [5.41, 5.74) is 1.21. The number of aromatic amines is 2. The van der Waals surface area contributed by atoms with Gasteiger partial charge in [0.15, 0.2) is 15.5 Å². The molecule has 1 aliphatic rings. The van der Waals surface area contributed by atoms with Crippen LogP contribution in [0.25, 0.3) is 11.7 Å². The van der Waals surface area contributed by atoms with Gasteiger partial charge in [-0.25, -0.2) is 18.2 Å². The zero-order chi connectivity index (χ0) is 23.2. The van der Waals surface area contributed by atoms with E-state index in [9.17, 15) is 18.3 Å². The van der Waals surface area contributed by atoms with Gasteiger partial charge in [0.05, 0.1) is 17.1 Å². The van der Waals surface area contributed by atoms with Crippen LogP contribution < -0.4 is 21.8 Å². The van der Waals surface area contributed by atoms with E-state index < -0.39 is 15.5 Å². The van der Waals surface area contributed by atoms with Gasteiger partial charge >= 0.3 is 5.69 Å². The van der Waals surface area contributed by atoms with Crippen LogP contribution in [-0.4, -0.2) is 55.4 Å². The van der Waals surface area contributed by atoms with Crippen LogP contribution in [0.1, 0.15) is 24.1 Å². The second-order valence-corrected chi connectivity index (χ2v) is 9.82. The van der Waals surface area contributed by atoms with Crippen molar-refractivity contribution in [1.82, 2.24) is 29.5 Å². The van der Waals surface area contributed by atoms with E-state index >= 15 is 0 Å². The predicted molar refractivity (Wildman–Crippen MR) is 118 cm³/mol. The predicted octanol–water partition coefficient (Wildman–Crippen LogP) is -0.527. The third-order valence-corrected chi connectivity index (χ3v) is 6.15. The van der Waals surface area contributed by atoms with E-state index in [4.69, 9.17) is 0 Å². The van der Waals surface area contributed by atoms with Crippen molar-refractivity contribution >= 4 is 27.5 Å². The third-order valence-electron chi connectivity index (χ3n) is 5.04. The molecule has 1 saturated carbocycles. The molecule has 13 heteroatoms. The quantitative estimate of drug-likeness (QED) is 0.293. The van der Waals surface area contributed by atoms with Gasteiger partial charge < -0.3 is 15.4 Å². The number of imidazole rings is 1. The topological polar surface area (TPSA) is 170 Å². The van der Waals surface area contributed by atoms with Crippen molar-refractivity contribution < 1.29 is 13.5 Å². The number of sulfone groups is 1. The van der Waals surface area contributed by atoms with Crippen LogP contribution in [0.2, 0.25) is 0 Å². The highest BCUT2D eigenvalue weighted by Gasteiger charge is 2.21. The monoisotopic (exact) mass is 468 g/mol. The Bertz CT molecular complexity index is 1650. The summed E-state index contributed by atoms with van der Waals surface area (Å²) < 4.78 is 25.2. The maximum atomic E-state index is 11.8. The molecule has 0 bridgehead atoms. The summed E-state index contributed by atoms with van der Waals surface area (Å²) in [4.78, 5) is 30.0. The number of nitrogens with zero attached hydrogens (tertiary/aromatic N) is 5. The molecule has 3 aromatic heterocycles. The van der Waals surface area contributed by atoms with Crippen molar-refractivity contribution in [2.75, 3.05) is 11.6 Å². The largest absolute Gasteiger partial charge is 0.493 e. The van der Waals surface area contributed by atoms with E-state index in [-0.39, 0.29) is 28.5 Å². The lowest BCUT2D eigenvalue weighted by Crippen LogP contribution is -2.24. The number of rotatable bonds is 6. The van der Waals surface area contributed by atoms with Gasteiger partial charge in [0.1, 0.15) is 5.69 Å². The second-order valence-electron chi connectivity index (χ2n) is 7.80. The highest BCUT2D eigenvalue weighted by Crippen LogP contribution is 2.22. The summed E-state index contributed by atoms with van der Waals surface area (Å²) in [7, 11) is -3.32. The Kier molecular flexibility index (Phi) is 4.96. The van der Waals surface area contributed by atoms with Crippen LogP contribution in [0.5, 0.6) is 5.88 Å². The fourth-order valence-electron chi connectivity index (χ4n) is 3.23. The summed E-state index contributed by atoms with van der Waals surface area (Å²) >= 11 is 0. The molecule has 1 aliphatic carbocycles. The van der Waals surface area contributed by atoms with Crippen LogP contribution >= 0.6 is 0 Å². The smallest absolute Gasteiger partial charge is 0.326 e. The molecule has 12 nitrogen and oxygen atoms in total. The average Bonchev–Trinajstić information content (AvgIpc) is 3.40. The minimum atomic E-state index is -3.32. The molecule has 1 aromatic carbocycles. The second kappa shape index (κ2) is 7.85.